The Labute approximate surface area is 76.9 Å². The molecule has 0 saturated carbocycles. The normalized spacial score (nSPS) is 9.82. The first-order valence-corrected chi connectivity index (χ1v) is 4.09. The van der Waals surface area contributed by atoms with Crippen molar-refractivity contribution in [3.05, 3.63) is 0 Å². The summed E-state index contributed by atoms with van der Waals surface area (Å²) < 4.78 is 1.28. The van der Waals surface area contributed by atoms with Crippen LogP contribution >= 0.6 is 12.4 Å². The van der Waals surface area contributed by atoms with Gasteiger partial charge in [0.25, 0.3) is 0 Å². The Morgan fingerprint density at radius 3 is 0.909 bits per heavy atom. The number of quaternary nitrogens is 1. The van der Waals surface area contributed by atoms with Crippen LogP contribution in [0.5, 0.6) is 0 Å². The third-order valence-corrected chi connectivity index (χ3v) is 2.68. The van der Waals surface area contributed by atoms with Crippen LogP contribution in [0.25, 0.3) is 0 Å². The average molecular weight is 185 g/mol. The zero-order valence-electron chi connectivity index (χ0n) is 8.18. The van der Waals surface area contributed by atoms with Gasteiger partial charge in [0.05, 0.1) is 26.2 Å². The van der Waals surface area contributed by atoms with Crippen molar-refractivity contribution >= 4 is 12.4 Å². The molecule has 0 radical (unpaired) electrons. The molecule has 0 aliphatic heterocycles. The van der Waals surface area contributed by atoms with Crippen molar-refractivity contribution in [3.8, 4) is 0 Å². The highest BCUT2D eigenvalue weighted by atomic mass is 35.5. The number of hydrogen-bond donors (Lipinski definition) is 0. The Hall–Kier alpha value is 0.210. The second kappa shape index (κ2) is 8.31. The molecule has 0 atom stereocenters. The monoisotopic (exact) mass is 184 g/mol. The highest BCUT2D eigenvalue weighted by Gasteiger charge is 2.16. The molecule has 0 unspecified atom stereocenters. The van der Waals surface area contributed by atoms with E-state index < -0.39 is 0 Å². The van der Waals surface area contributed by atoms with Crippen LogP contribution in [0.4, 0.5) is 0 Å². The number of halogens is 1. The molecule has 0 rings (SSSR count). The van der Waals surface area contributed by atoms with Crippen molar-refractivity contribution in [3.63, 3.8) is 0 Å². The van der Waals surface area contributed by atoms with Gasteiger partial charge in [-0.1, -0.05) is 0 Å². The quantitative estimate of drug-likeness (QED) is 0.593. The SMILES string of the molecule is CC[N+](CC)(CC)CC.Cl.O. The molecule has 0 saturated heterocycles. The minimum absolute atomic E-state index is 0. The van der Waals surface area contributed by atoms with Crippen molar-refractivity contribution in [2.24, 2.45) is 0 Å². The van der Waals surface area contributed by atoms with E-state index in [2.05, 4.69) is 27.7 Å². The van der Waals surface area contributed by atoms with Crippen molar-refractivity contribution in [1.29, 1.82) is 0 Å². The highest BCUT2D eigenvalue weighted by Crippen LogP contribution is 2.03. The molecule has 2 N–H and O–H groups in total. The summed E-state index contributed by atoms with van der Waals surface area (Å²) in [6, 6.07) is 0. The van der Waals surface area contributed by atoms with E-state index in [1.165, 1.54) is 30.7 Å². The van der Waals surface area contributed by atoms with Gasteiger partial charge in [-0.25, -0.2) is 0 Å². The molecular weight excluding hydrogens is 162 g/mol. The van der Waals surface area contributed by atoms with Gasteiger partial charge in [0, 0.05) is 0 Å². The van der Waals surface area contributed by atoms with E-state index in [0.717, 1.165) is 0 Å². The van der Waals surface area contributed by atoms with Crippen LogP contribution in [-0.2, 0) is 0 Å². The Morgan fingerprint density at radius 2 is 0.909 bits per heavy atom. The number of nitrogens with zero attached hydrogens (tertiary/aromatic N) is 1. The van der Waals surface area contributed by atoms with Gasteiger partial charge in [-0.3, -0.25) is 0 Å². The van der Waals surface area contributed by atoms with E-state index in [0.29, 0.717) is 0 Å². The van der Waals surface area contributed by atoms with Crippen molar-refractivity contribution in [2.75, 3.05) is 26.2 Å². The van der Waals surface area contributed by atoms with Crippen LogP contribution in [0.3, 0.4) is 0 Å². The summed E-state index contributed by atoms with van der Waals surface area (Å²) in [5, 5.41) is 0. The zero-order valence-corrected chi connectivity index (χ0v) is 9.00. The molecule has 11 heavy (non-hydrogen) atoms. The van der Waals surface area contributed by atoms with E-state index in [1.54, 1.807) is 0 Å². The summed E-state index contributed by atoms with van der Waals surface area (Å²) in [5.74, 6) is 0. The molecule has 0 aromatic rings. The maximum atomic E-state index is 2.27. The predicted molar refractivity (Wildman–Crippen MR) is 53.3 cm³/mol. The highest BCUT2D eigenvalue weighted by molar-refractivity contribution is 5.85. The van der Waals surface area contributed by atoms with Crippen LogP contribution in [-0.4, -0.2) is 36.1 Å². The first-order chi connectivity index (χ1) is 4.24. The van der Waals surface area contributed by atoms with E-state index in [1.807, 2.05) is 0 Å². The number of hydrogen-bond acceptors (Lipinski definition) is 0. The predicted octanol–water partition coefficient (Wildman–Crippen LogP) is 1.48. The molecule has 0 amide bonds. The molecular formula is C8H23ClNO+. The van der Waals surface area contributed by atoms with Gasteiger partial charge in [0.2, 0.25) is 0 Å². The lowest BCUT2D eigenvalue weighted by atomic mass is 10.3. The van der Waals surface area contributed by atoms with Crippen LogP contribution < -0.4 is 0 Å². The summed E-state index contributed by atoms with van der Waals surface area (Å²) in [5.41, 5.74) is 0. The third-order valence-electron chi connectivity index (χ3n) is 2.68. The Kier molecular flexibility index (Phi) is 13.1. The molecule has 0 spiro atoms. The summed E-state index contributed by atoms with van der Waals surface area (Å²) in [6.45, 7) is 14.2. The largest absolute Gasteiger partial charge is 0.412 e. The fourth-order valence-corrected chi connectivity index (χ4v) is 1.34. The minimum Gasteiger partial charge on any atom is -0.412 e. The Bertz CT molecular complexity index is 57.0. The topological polar surface area (TPSA) is 31.5 Å². The van der Waals surface area contributed by atoms with Gasteiger partial charge >= 0.3 is 0 Å². The Balaban J connectivity index is -0.000000320. The zero-order chi connectivity index (χ0) is 7.33. The van der Waals surface area contributed by atoms with E-state index >= 15 is 0 Å². The van der Waals surface area contributed by atoms with Crippen LogP contribution in [0.2, 0.25) is 0 Å². The van der Waals surface area contributed by atoms with Crippen LogP contribution in [0.1, 0.15) is 27.7 Å². The molecule has 0 heterocycles. The maximum absolute atomic E-state index is 2.27. The van der Waals surface area contributed by atoms with E-state index in [4.69, 9.17) is 0 Å². The molecule has 0 aromatic heterocycles. The van der Waals surface area contributed by atoms with E-state index in [9.17, 15) is 0 Å². The van der Waals surface area contributed by atoms with Gasteiger partial charge in [0.15, 0.2) is 0 Å². The lowest BCUT2D eigenvalue weighted by molar-refractivity contribution is -0.921. The molecule has 2 nitrogen and oxygen atoms in total. The average Bonchev–Trinajstić information content (AvgIpc) is 1.95. The molecule has 72 valence electrons. The fraction of sp³-hybridized carbons (Fsp3) is 1.00. The Morgan fingerprint density at radius 1 is 0.727 bits per heavy atom. The van der Waals surface area contributed by atoms with Gasteiger partial charge in [0.1, 0.15) is 0 Å². The van der Waals surface area contributed by atoms with Gasteiger partial charge in [-0.15, -0.1) is 12.4 Å². The summed E-state index contributed by atoms with van der Waals surface area (Å²) >= 11 is 0. The van der Waals surface area contributed by atoms with Crippen molar-refractivity contribution in [2.45, 2.75) is 27.7 Å². The second-order valence-electron chi connectivity index (χ2n) is 2.61. The fourth-order valence-electron chi connectivity index (χ4n) is 1.34. The van der Waals surface area contributed by atoms with Crippen molar-refractivity contribution in [1.82, 2.24) is 0 Å². The minimum atomic E-state index is 0. The standard InChI is InChI=1S/C8H20N.ClH.H2O/c1-5-9(6-2,7-3)8-4;;/h5-8H2,1-4H3;1H;1H2/q+1;;. The van der Waals surface area contributed by atoms with Crippen molar-refractivity contribution < 1.29 is 9.96 Å². The number of rotatable bonds is 4. The lowest BCUT2D eigenvalue weighted by Gasteiger charge is -2.34. The smallest absolute Gasteiger partial charge is 0.0757 e. The lowest BCUT2D eigenvalue weighted by Crippen LogP contribution is -2.47. The molecule has 0 aromatic carbocycles. The van der Waals surface area contributed by atoms with Gasteiger partial charge < -0.3 is 9.96 Å². The van der Waals surface area contributed by atoms with E-state index in [-0.39, 0.29) is 17.9 Å². The summed E-state index contributed by atoms with van der Waals surface area (Å²) in [7, 11) is 0. The van der Waals surface area contributed by atoms with Crippen LogP contribution in [0.15, 0.2) is 0 Å². The summed E-state index contributed by atoms with van der Waals surface area (Å²) in [6.07, 6.45) is 0. The first-order valence-electron chi connectivity index (χ1n) is 4.09. The third kappa shape index (κ3) is 4.62. The van der Waals surface area contributed by atoms with Gasteiger partial charge in [-0.05, 0) is 27.7 Å². The molecule has 0 aliphatic carbocycles. The molecule has 3 heteroatoms. The maximum Gasteiger partial charge on any atom is 0.0757 e. The molecule has 0 bridgehead atoms. The summed E-state index contributed by atoms with van der Waals surface area (Å²) in [4.78, 5) is 0. The molecule has 0 fully saturated rings. The first kappa shape index (κ1) is 17.3. The van der Waals surface area contributed by atoms with Gasteiger partial charge in [-0.2, -0.15) is 0 Å². The molecule has 0 aliphatic rings. The second-order valence-corrected chi connectivity index (χ2v) is 2.61. The van der Waals surface area contributed by atoms with Crippen LogP contribution in [0, 0.1) is 0 Å².